The van der Waals surface area contributed by atoms with Crippen LogP contribution in [0, 0.1) is 0 Å². The van der Waals surface area contributed by atoms with Gasteiger partial charge in [0, 0.05) is 23.7 Å². The van der Waals surface area contributed by atoms with E-state index in [4.69, 9.17) is 16.0 Å². The second kappa shape index (κ2) is 4.64. The fraction of sp³-hybridized carbons (Fsp3) is 0.100. The Morgan fingerprint density at radius 1 is 1.53 bits per heavy atom. The molecule has 6 nitrogen and oxygen atoms in total. The SMILES string of the molecule is O=S(=O)(NCc1ccoc1)c1c(Cl)nc2sccn12. The highest BCUT2D eigenvalue weighted by atomic mass is 35.5. The van der Waals surface area contributed by atoms with Gasteiger partial charge in [-0.25, -0.2) is 18.1 Å². The van der Waals surface area contributed by atoms with Gasteiger partial charge in [0.05, 0.1) is 12.5 Å². The van der Waals surface area contributed by atoms with Crippen LogP contribution in [0.4, 0.5) is 0 Å². The molecule has 1 N–H and O–H groups in total. The van der Waals surface area contributed by atoms with Crippen LogP contribution in [0.2, 0.25) is 5.15 Å². The molecule has 0 spiro atoms. The zero-order valence-corrected chi connectivity index (χ0v) is 11.8. The van der Waals surface area contributed by atoms with E-state index in [9.17, 15) is 8.42 Å². The summed E-state index contributed by atoms with van der Waals surface area (Å²) in [5.74, 6) is 0. The maximum absolute atomic E-state index is 12.2. The number of fused-ring (bicyclic) bond motifs is 1. The predicted molar refractivity (Wildman–Crippen MR) is 70.8 cm³/mol. The number of hydrogen-bond donors (Lipinski definition) is 1. The number of nitrogens with one attached hydrogen (secondary N) is 1. The lowest BCUT2D eigenvalue weighted by atomic mass is 10.4. The first-order valence-electron chi connectivity index (χ1n) is 5.20. The molecule has 0 saturated carbocycles. The molecule has 0 amide bonds. The Kier molecular flexibility index (Phi) is 3.09. The highest BCUT2D eigenvalue weighted by Gasteiger charge is 2.24. The van der Waals surface area contributed by atoms with Crippen molar-refractivity contribution >= 4 is 37.9 Å². The number of imidazole rings is 1. The second-order valence-corrected chi connectivity index (χ2v) is 6.63. The first-order valence-corrected chi connectivity index (χ1v) is 7.94. The standard InChI is InChI=1S/C10H8ClN3O3S2/c11-8-9(14-2-4-18-10(14)13-8)19(15,16)12-5-7-1-3-17-6-7/h1-4,6,12H,5H2. The number of aromatic nitrogens is 2. The van der Waals surface area contributed by atoms with Gasteiger partial charge in [0.15, 0.2) is 15.1 Å². The molecule has 3 rings (SSSR count). The van der Waals surface area contributed by atoms with Crippen molar-refractivity contribution in [3.8, 4) is 0 Å². The molecular formula is C10H8ClN3O3S2. The molecule has 0 aliphatic rings. The van der Waals surface area contributed by atoms with Gasteiger partial charge in [-0.05, 0) is 6.07 Å². The van der Waals surface area contributed by atoms with Crippen molar-refractivity contribution in [2.45, 2.75) is 11.6 Å². The summed E-state index contributed by atoms with van der Waals surface area (Å²) < 4.78 is 33.3. The molecule has 0 radical (unpaired) electrons. The number of hydrogen-bond acceptors (Lipinski definition) is 5. The second-order valence-electron chi connectivity index (χ2n) is 3.72. The maximum Gasteiger partial charge on any atom is 0.260 e. The van der Waals surface area contributed by atoms with Gasteiger partial charge in [0.1, 0.15) is 0 Å². The van der Waals surface area contributed by atoms with Crippen LogP contribution < -0.4 is 4.72 Å². The Morgan fingerprint density at radius 2 is 2.37 bits per heavy atom. The van der Waals surface area contributed by atoms with Gasteiger partial charge >= 0.3 is 0 Å². The van der Waals surface area contributed by atoms with Crippen molar-refractivity contribution in [3.05, 3.63) is 40.9 Å². The van der Waals surface area contributed by atoms with Gasteiger partial charge < -0.3 is 4.42 Å². The average molecular weight is 318 g/mol. The minimum absolute atomic E-state index is 0.0356. The van der Waals surface area contributed by atoms with Gasteiger partial charge in [-0.3, -0.25) is 4.40 Å². The molecule has 0 fully saturated rings. The Hall–Kier alpha value is -1.35. The smallest absolute Gasteiger partial charge is 0.260 e. The van der Waals surface area contributed by atoms with Crippen LogP contribution in [0.5, 0.6) is 0 Å². The molecule has 0 aliphatic carbocycles. The molecule has 0 saturated heterocycles. The first-order chi connectivity index (χ1) is 9.08. The van der Waals surface area contributed by atoms with E-state index in [1.165, 1.54) is 28.3 Å². The van der Waals surface area contributed by atoms with E-state index in [0.717, 1.165) is 5.56 Å². The maximum atomic E-state index is 12.2. The van der Waals surface area contributed by atoms with E-state index in [-0.39, 0.29) is 16.7 Å². The summed E-state index contributed by atoms with van der Waals surface area (Å²) in [6, 6.07) is 1.68. The molecule has 0 bridgehead atoms. The first kappa shape index (κ1) is 12.7. The molecule has 3 aromatic rings. The van der Waals surface area contributed by atoms with E-state index in [0.29, 0.717) is 4.96 Å². The molecule has 19 heavy (non-hydrogen) atoms. The Balaban J connectivity index is 1.95. The normalized spacial score (nSPS) is 12.3. The molecule has 3 heterocycles. The summed E-state index contributed by atoms with van der Waals surface area (Å²) in [6.07, 6.45) is 4.57. The van der Waals surface area contributed by atoms with E-state index in [1.807, 2.05) is 0 Å². The van der Waals surface area contributed by atoms with Crippen LogP contribution in [0.15, 0.2) is 39.6 Å². The Morgan fingerprint density at radius 3 is 3.11 bits per heavy atom. The van der Waals surface area contributed by atoms with Gasteiger partial charge in [-0.15, -0.1) is 11.3 Å². The van der Waals surface area contributed by atoms with Crippen molar-refractivity contribution in [3.63, 3.8) is 0 Å². The molecule has 100 valence electrons. The minimum atomic E-state index is -3.74. The average Bonchev–Trinajstić information content (AvgIpc) is 3.01. The summed E-state index contributed by atoms with van der Waals surface area (Å²) in [7, 11) is -3.74. The third-order valence-electron chi connectivity index (χ3n) is 2.48. The lowest BCUT2D eigenvalue weighted by Crippen LogP contribution is -2.24. The summed E-state index contributed by atoms with van der Waals surface area (Å²) in [4.78, 5) is 4.53. The van der Waals surface area contributed by atoms with E-state index in [1.54, 1.807) is 17.6 Å². The fourth-order valence-corrected chi connectivity index (χ4v) is 4.08. The van der Waals surface area contributed by atoms with Crippen LogP contribution in [0.25, 0.3) is 4.96 Å². The van der Waals surface area contributed by atoms with Crippen LogP contribution in [0.1, 0.15) is 5.56 Å². The summed E-state index contributed by atoms with van der Waals surface area (Å²) >= 11 is 7.21. The summed E-state index contributed by atoms with van der Waals surface area (Å²) in [5, 5.41) is 1.66. The Bertz CT molecular complexity index is 804. The number of rotatable bonds is 4. The molecule has 0 atom stereocenters. The summed E-state index contributed by atoms with van der Waals surface area (Å²) in [5.41, 5.74) is 0.728. The highest BCUT2D eigenvalue weighted by molar-refractivity contribution is 7.89. The molecule has 3 aromatic heterocycles. The minimum Gasteiger partial charge on any atom is -0.472 e. The van der Waals surface area contributed by atoms with Crippen molar-refractivity contribution < 1.29 is 12.8 Å². The van der Waals surface area contributed by atoms with Crippen molar-refractivity contribution in [1.82, 2.24) is 14.1 Å². The third kappa shape index (κ3) is 2.27. The molecule has 0 unspecified atom stereocenters. The van der Waals surface area contributed by atoms with Crippen LogP contribution in [-0.4, -0.2) is 17.8 Å². The number of furan rings is 1. The van der Waals surface area contributed by atoms with Crippen molar-refractivity contribution in [2.75, 3.05) is 0 Å². The number of thiazole rings is 1. The van der Waals surface area contributed by atoms with E-state index in [2.05, 4.69) is 9.71 Å². The van der Waals surface area contributed by atoms with Crippen molar-refractivity contribution in [2.24, 2.45) is 0 Å². The number of nitrogens with zero attached hydrogens (tertiary/aromatic N) is 2. The van der Waals surface area contributed by atoms with E-state index >= 15 is 0 Å². The topological polar surface area (TPSA) is 76.6 Å². The van der Waals surface area contributed by atoms with Crippen LogP contribution >= 0.6 is 22.9 Å². The lowest BCUT2D eigenvalue weighted by molar-refractivity contribution is 0.560. The van der Waals surface area contributed by atoms with Gasteiger partial charge in [0.25, 0.3) is 10.0 Å². The quantitative estimate of drug-likeness (QED) is 0.799. The fourth-order valence-electron chi connectivity index (χ4n) is 1.62. The zero-order chi connectivity index (χ0) is 13.5. The van der Waals surface area contributed by atoms with E-state index < -0.39 is 10.0 Å². The lowest BCUT2D eigenvalue weighted by Gasteiger charge is -2.04. The molecule has 0 aliphatic heterocycles. The van der Waals surface area contributed by atoms with Gasteiger partial charge in [-0.2, -0.15) is 0 Å². The van der Waals surface area contributed by atoms with Gasteiger partial charge in [0.2, 0.25) is 0 Å². The van der Waals surface area contributed by atoms with Crippen LogP contribution in [-0.2, 0) is 16.6 Å². The molecule has 0 aromatic carbocycles. The van der Waals surface area contributed by atoms with Crippen molar-refractivity contribution in [1.29, 1.82) is 0 Å². The number of sulfonamides is 1. The monoisotopic (exact) mass is 317 g/mol. The molecule has 9 heteroatoms. The third-order valence-corrected chi connectivity index (χ3v) is 5.04. The van der Waals surface area contributed by atoms with Crippen LogP contribution in [0.3, 0.4) is 0 Å². The summed E-state index contributed by atoms with van der Waals surface area (Å²) in [6.45, 7) is 0.131. The highest BCUT2D eigenvalue weighted by Crippen LogP contribution is 2.25. The zero-order valence-electron chi connectivity index (χ0n) is 9.41. The van der Waals surface area contributed by atoms with Gasteiger partial charge in [-0.1, -0.05) is 11.6 Å². The molecular weight excluding hydrogens is 310 g/mol. The number of halogens is 1. The Labute approximate surface area is 117 Å². The largest absolute Gasteiger partial charge is 0.472 e. The predicted octanol–water partition coefficient (Wildman–Crippen LogP) is 2.12.